The number of carbonyl (C=O) groups excluding carboxylic acids is 1. The van der Waals surface area contributed by atoms with Gasteiger partial charge in [0.05, 0.1) is 6.10 Å². The van der Waals surface area contributed by atoms with Crippen LogP contribution < -0.4 is 11.1 Å². The second kappa shape index (κ2) is 11.9. The summed E-state index contributed by atoms with van der Waals surface area (Å²) < 4.78 is 5.50. The third-order valence-corrected chi connectivity index (χ3v) is 6.79. The maximum absolute atomic E-state index is 12.5. The molecule has 2 aromatic rings. The lowest BCUT2D eigenvalue weighted by Gasteiger charge is -2.17. The summed E-state index contributed by atoms with van der Waals surface area (Å²) in [6, 6.07) is 9.78. The number of amides is 1. The Balaban J connectivity index is 2.00. The van der Waals surface area contributed by atoms with Gasteiger partial charge in [0.25, 0.3) is 5.91 Å². The van der Waals surface area contributed by atoms with E-state index >= 15 is 0 Å². The number of nitrogens with two attached hydrogens (primary N) is 1. The summed E-state index contributed by atoms with van der Waals surface area (Å²) in [5.74, 6) is -0.521. The van der Waals surface area contributed by atoms with Gasteiger partial charge < -0.3 is 20.9 Å². The van der Waals surface area contributed by atoms with Crippen molar-refractivity contribution in [1.29, 1.82) is 0 Å². The van der Waals surface area contributed by atoms with Gasteiger partial charge in [-0.3, -0.25) is 4.79 Å². The third kappa shape index (κ3) is 8.05. The van der Waals surface area contributed by atoms with Crippen molar-refractivity contribution in [2.24, 2.45) is 5.73 Å². The van der Waals surface area contributed by atoms with Gasteiger partial charge >= 0.3 is 5.97 Å². The van der Waals surface area contributed by atoms with Crippen LogP contribution in [0.25, 0.3) is 0 Å². The monoisotopic (exact) mass is 462 g/mol. The summed E-state index contributed by atoms with van der Waals surface area (Å²) >= 11 is 3.22. The summed E-state index contributed by atoms with van der Waals surface area (Å²) in [5, 5.41) is 14.3. The van der Waals surface area contributed by atoms with Crippen LogP contribution in [-0.4, -0.2) is 29.2 Å². The second-order valence-corrected chi connectivity index (χ2v) is 9.72. The molecular weight excluding hydrogens is 432 g/mol. The van der Waals surface area contributed by atoms with Crippen molar-refractivity contribution in [3.63, 3.8) is 0 Å². The van der Waals surface area contributed by atoms with E-state index in [1.54, 1.807) is 23.1 Å². The lowest BCUT2D eigenvalue weighted by molar-refractivity contribution is -0.153. The van der Waals surface area contributed by atoms with Crippen LogP contribution in [0.15, 0.2) is 46.3 Å². The molecular formula is C23H30N2O4S2. The number of nitrogens with one attached hydrogen (secondary N) is 1. The smallest absolute Gasteiger partial charge is 0.333 e. The number of thioether (sulfide) groups is 1. The average Bonchev–Trinajstić information content (AvgIpc) is 3.24. The van der Waals surface area contributed by atoms with Crippen LogP contribution in [0.3, 0.4) is 0 Å². The highest BCUT2D eigenvalue weighted by atomic mass is 32.2. The summed E-state index contributed by atoms with van der Waals surface area (Å²) in [4.78, 5) is 26.0. The second-order valence-electron chi connectivity index (χ2n) is 7.50. The Bertz CT molecular complexity index is 924. The SMILES string of the molecule is C/C(SCc1cccs1)=C(/N)C(=O)NCc1cc(CC(OC(C)C)C(=O)O)ccc1C. The normalized spacial score (nSPS) is 13.1. The van der Waals surface area contributed by atoms with Crippen LogP contribution in [0.1, 0.15) is 42.3 Å². The van der Waals surface area contributed by atoms with Crippen molar-refractivity contribution in [3.05, 3.63) is 67.9 Å². The number of carbonyl (C=O) groups is 2. The van der Waals surface area contributed by atoms with E-state index in [-0.39, 0.29) is 24.1 Å². The molecule has 1 aromatic heterocycles. The molecule has 0 saturated carbocycles. The van der Waals surface area contributed by atoms with Crippen LogP contribution >= 0.6 is 23.1 Å². The van der Waals surface area contributed by atoms with Crippen LogP contribution in [0.4, 0.5) is 0 Å². The van der Waals surface area contributed by atoms with Crippen molar-refractivity contribution >= 4 is 35.0 Å². The van der Waals surface area contributed by atoms with Gasteiger partial charge in [0, 0.05) is 28.5 Å². The molecule has 8 heteroatoms. The number of hydrogen-bond donors (Lipinski definition) is 3. The lowest BCUT2D eigenvalue weighted by Crippen LogP contribution is -2.30. The molecule has 0 spiro atoms. The molecule has 1 heterocycles. The van der Waals surface area contributed by atoms with E-state index in [2.05, 4.69) is 11.4 Å². The van der Waals surface area contributed by atoms with Gasteiger partial charge in [0.1, 0.15) is 5.70 Å². The van der Waals surface area contributed by atoms with Gasteiger partial charge in [-0.1, -0.05) is 24.3 Å². The summed E-state index contributed by atoms with van der Waals surface area (Å²) in [5.41, 5.74) is 9.02. The largest absolute Gasteiger partial charge is 0.479 e. The van der Waals surface area contributed by atoms with E-state index in [0.717, 1.165) is 27.3 Å². The van der Waals surface area contributed by atoms with Gasteiger partial charge in [0.15, 0.2) is 6.10 Å². The number of ether oxygens (including phenoxy) is 1. The number of carboxylic acids is 1. The molecule has 0 aliphatic heterocycles. The maximum atomic E-state index is 12.5. The van der Waals surface area contributed by atoms with Crippen LogP contribution in [0.5, 0.6) is 0 Å². The van der Waals surface area contributed by atoms with E-state index < -0.39 is 12.1 Å². The van der Waals surface area contributed by atoms with E-state index in [4.69, 9.17) is 10.5 Å². The van der Waals surface area contributed by atoms with Crippen molar-refractivity contribution in [3.8, 4) is 0 Å². The fourth-order valence-electron chi connectivity index (χ4n) is 2.86. The minimum Gasteiger partial charge on any atom is -0.479 e. The standard InChI is InChI=1S/C23H30N2O4S2/c1-14(2)29-20(23(27)28)11-17-8-7-15(3)18(10-17)12-25-22(26)21(24)16(4)31-13-19-6-5-9-30-19/h5-10,14,20H,11-13,24H2,1-4H3,(H,25,26)(H,27,28)/b21-16-. The van der Waals surface area contributed by atoms with E-state index in [0.29, 0.717) is 6.54 Å². The Hall–Kier alpha value is -2.29. The van der Waals surface area contributed by atoms with Gasteiger partial charge in [-0.15, -0.1) is 23.1 Å². The summed E-state index contributed by atoms with van der Waals surface area (Å²) in [6.07, 6.45) is -0.831. The number of thiophene rings is 1. The van der Waals surface area contributed by atoms with E-state index in [1.165, 1.54) is 4.88 Å². The Labute approximate surface area is 191 Å². The van der Waals surface area contributed by atoms with Crippen molar-refractivity contribution in [2.45, 2.75) is 58.6 Å². The van der Waals surface area contributed by atoms with Crippen molar-refractivity contribution < 1.29 is 19.4 Å². The molecule has 168 valence electrons. The van der Waals surface area contributed by atoms with E-state index in [1.807, 2.05) is 57.3 Å². The molecule has 0 aliphatic carbocycles. The first kappa shape index (κ1) is 25.0. The number of allylic oxidation sites excluding steroid dienone is 1. The molecule has 0 bridgehead atoms. The molecule has 1 amide bonds. The van der Waals surface area contributed by atoms with Gasteiger partial charge in [-0.05, 0) is 55.8 Å². The molecule has 1 unspecified atom stereocenters. The number of aliphatic carboxylic acids is 1. The average molecular weight is 463 g/mol. The number of carboxylic acid groups (broad SMARTS) is 1. The molecule has 0 aliphatic rings. The zero-order chi connectivity index (χ0) is 23.0. The molecule has 6 nitrogen and oxygen atoms in total. The quantitative estimate of drug-likeness (QED) is 0.432. The highest BCUT2D eigenvalue weighted by molar-refractivity contribution is 8.02. The van der Waals surface area contributed by atoms with Gasteiger partial charge in [0.2, 0.25) is 0 Å². The van der Waals surface area contributed by atoms with Crippen LogP contribution in [0, 0.1) is 6.92 Å². The molecule has 0 radical (unpaired) electrons. The number of hydrogen-bond acceptors (Lipinski definition) is 6. The van der Waals surface area contributed by atoms with Gasteiger partial charge in [-0.25, -0.2) is 4.79 Å². The lowest BCUT2D eigenvalue weighted by atomic mass is 10.0. The number of rotatable bonds is 11. The Morgan fingerprint density at radius 2 is 2.03 bits per heavy atom. The predicted molar refractivity (Wildman–Crippen MR) is 127 cm³/mol. The first-order chi connectivity index (χ1) is 14.7. The Kier molecular flexibility index (Phi) is 9.61. The van der Waals surface area contributed by atoms with Crippen molar-refractivity contribution in [1.82, 2.24) is 5.32 Å². The molecule has 1 aromatic carbocycles. The molecule has 2 rings (SSSR count). The molecule has 0 saturated heterocycles. The number of aryl methyl sites for hydroxylation is 1. The molecule has 4 N–H and O–H groups in total. The van der Waals surface area contributed by atoms with Crippen molar-refractivity contribution in [2.75, 3.05) is 0 Å². The zero-order valence-corrected chi connectivity index (χ0v) is 19.9. The highest BCUT2D eigenvalue weighted by Crippen LogP contribution is 2.24. The number of benzene rings is 1. The summed E-state index contributed by atoms with van der Waals surface area (Å²) in [7, 11) is 0. The first-order valence-corrected chi connectivity index (χ1v) is 11.9. The summed E-state index contributed by atoms with van der Waals surface area (Å²) in [6.45, 7) is 7.73. The minimum atomic E-state index is -0.988. The highest BCUT2D eigenvalue weighted by Gasteiger charge is 2.20. The third-order valence-electron chi connectivity index (χ3n) is 4.62. The maximum Gasteiger partial charge on any atom is 0.333 e. The fraction of sp³-hybridized carbons (Fsp3) is 0.391. The minimum absolute atomic E-state index is 0.180. The molecule has 31 heavy (non-hydrogen) atoms. The van der Waals surface area contributed by atoms with E-state index in [9.17, 15) is 14.7 Å². The fourth-order valence-corrected chi connectivity index (χ4v) is 4.50. The Morgan fingerprint density at radius 1 is 1.29 bits per heavy atom. The Morgan fingerprint density at radius 3 is 2.65 bits per heavy atom. The predicted octanol–water partition coefficient (Wildman–Crippen LogP) is 4.22. The topological polar surface area (TPSA) is 102 Å². The van der Waals surface area contributed by atoms with Gasteiger partial charge in [-0.2, -0.15) is 0 Å². The molecule has 1 atom stereocenters. The zero-order valence-electron chi connectivity index (χ0n) is 18.3. The molecule has 0 fully saturated rings. The van der Waals surface area contributed by atoms with Crippen LogP contribution in [-0.2, 0) is 33.0 Å². The first-order valence-electron chi connectivity index (χ1n) is 10.0. The van der Waals surface area contributed by atoms with Crippen LogP contribution in [0.2, 0.25) is 0 Å².